The van der Waals surface area contributed by atoms with Gasteiger partial charge < -0.3 is 36.4 Å². The monoisotopic (exact) mass is 627 g/mol. The van der Waals surface area contributed by atoms with E-state index >= 15 is 0 Å². The smallest absolute Gasteiger partial charge is 0.325 e. The Morgan fingerprint density at radius 2 is 2.12 bits per heavy atom. The minimum absolute atomic E-state index is 0.000457. The molecule has 0 radical (unpaired) electrons. The van der Waals surface area contributed by atoms with E-state index in [-0.39, 0.29) is 29.5 Å². The largest absolute Gasteiger partial charge is 0.395 e. The van der Waals surface area contributed by atoms with Crippen molar-refractivity contribution in [2.45, 2.75) is 53.2 Å². The van der Waals surface area contributed by atoms with Gasteiger partial charge in [-0.1, -0.05) is 5.21 Å². The number of aromatic amines is 1. The molecule has 3 fully saturated rings. The van der Waals surface area contributed by atoms with Crippen molar-refractivity contribution in [2.75, 3.05) is 18.1 Å². The van der Waals surface area contributed by atoms with Gasteiger partial charge in [-0.2, -0.15) is 14.6 Å². The lowest BCUT2D eigenvalue weighted by Crippen LogP contribution is -2.35. The first-order chi connectivity index (χ1) is 19.5. The zero-order valence-corrected chi connectivity index (χ0v) is 23.1. The zero-order chi connectivity index (χ0) is 28.8. The first-order valence-electron chi connectivity index (χ1n) is 12.1. The number of nitrogens with one attached hydrogen (secondary N) is 1. The Labute approximate surface area is 237 Å². The summed E-state index contributed by atoms with van der Waals surface area (Å²) in [5.41, 5.74) is 10.3. The number of aromatic nitrogens is 9. The van der Waals surface area contributed by atoms with Gasteiger partial charge in [0.25, 0.3) is 5.56 Å². The van der Waals surface area contributed by atoms with Gasteiger partial charge >= 0.3 is 6.72 Å². The van der Waals surface area contributed by atoms with E-state index in [1.54, 1.807) is 0 Å². The van der Waals surface area contributed by atoms with Crippen LogP contribution in [-0.2, 0) is 25.6 Å². The van der Waals surface area contributed by atoms with Gasteiger partial charge in [0, 0.05) is 12.0 Å². The van der Waals surface area contributed by atoms with Crippen LogP contribution >= 0.6 is 18.5 Å². The molecule has 41 heavy (non-hydrogen) atoms. The summed E-state index contributed by atoms with van der Waals surface area (Å²) in [7, 11) is 0. The van der Waals surface area contributed by atoms with Crippen molar-refractivity contribution >= 4 is 59.0 Å². The average molecular weight is 628 g/mol. The van der Waals surface area contributed by atoms with Gasteiger partial charge in [0.2, 0.25) is 11.9 Å². The second kappa shape index (κ2) is 9.33. The van der Waals surface area contributed by atoms with E-state index in [0.717, 1.165) is 11.8 Å². The number of nitrogens with two attached hydrogens (primary N) is 2. The van der Waals surface area contributed by atoms with Crippen LogP contribution in [-0.4, -0.2) is 107 Å². The van der Waals surface area contributed by atoms with Gasteiger partial charge in [0.1, 0.15) is 35.6 Å². The number of rotatable bonds is 7. The van der Waals surface area contributed by atoms with Crippen LogP contribution in [0.1, 0.15) is 23.5 Å². The summed E-state index contributed by atoms with van der Waals surface area (Å²) in [5.74, 6) is -0.0466. The molecule has 0 spiro atoms. The number of H-pyrrole nitrogens is 1. The lowest BCUT2D eigenvalue weighted by molar-refractivity contribution is -0.00496. The van der Waals surface area contributed by atoms with Crippen LogP contribution in [0.3, 0.4) is 0 Å². The molecule has 1 saturated carbocycles. The third-order valence-electron chi connectivity index (χ3n) is 7.27. The number of nitrogen functional groups attached to an aromatic ring is 2. The fraction of sp³-hybridized carbons (Fsp3) is 0.526. The van der Waals surface area contributed by atoms with E-state index in [1.165, 1.54) is 21.7 Å². The van der Waals surface area contributed by atoms with Gasteiger partial charge in [0.05, 0.1) is 30.3 Å². The van der Waals surface area contributed by atoms with Crippen LogP contribution in [0.2, 0.25) is 0 Å². The van der Waals surface area contributed by atoms with Crippen LogP contribution in [0, 0.1) is 0 Å². The first-order valence-corrected chi connectivity index (χ1v) is 15.6. The summed E-state index contributed by atoms with van der Waals surface area (Å²) >= 11 is 6.30. The normalized spacial score (nSPS) is 34.3. The van der Waals surface area contributed by atoms with Gasteiger partial charge in [-0.05, 0) is 11.8 Å². The van der Waals surface area contributed by atoms with Gasteiger partial charge in [-0.15, -0.1) is 16.9 Å². The van der Waals surface area contributed by atoms with Crippen molar-refractivity contribution < 1.29 is 34.0 Å². The highest BCUT2D eigenvalue weighted by Gasteiger charge is 2.73. The number of hydrogen-bond acceptors (Lipinski definition) is 17. The fourth-order valence-electron chi connectivity index (χ4n) is 5.24. The maximum absolute atomic E-state index is 12.2. The number of aliphatic hydroxyl groups is 3. The molecule has 3 aliphatic rings. The molecule has 0 amide bonds. The van der Waals surface area contributed by atoms with E-state index in [9.17, 15) is 25.0 Å². The van der Waals surface area contributed by atoms with Crippen molar-refractivity contribution in [3.63, 3.8) is 0 Å². The molecule has 0 aromatic carbocycles. The molecule has 6 heterocycles. The molecule has 9 N–H and O–H groups in total. The van der Waals surface area contributed by atoms with Crippen molar-refractivity contribution in [2.24, 2.45) is 0 Å². The third-order valence-corrected chi connectivity index (χ3v) is 10.3. The summed E-state index contributed by atoms with van der Waals surface area (Å²) in [4.78, 5) is 37.7. The van der Waals surface area contributed by atoms with Crippen LogP contribution in [0.5, 0.6) is 0 Å². The molecule has 7 rings (SSSR count). The molecule has 9 atom stereocenters. The van der Waals surface area contributed by atoms with Crippen molar-refractivity contribution in [1.82, 2.24) is 44.5 Å². The Morgan fingerprint density at radius 1 is 1.32 bits per heavy atom. The fourth-order valence-corrected chi connectivity index (χ4v) is 8.46. The first kappa shape index (κ1) is 27.0. The van der Waals surface area contributed by atoms with Gasteiger partial charge in [-0.25, -0.2) is 14.6 Å². The second-order valence-electron chi connectivity index (χ2n) is 9.77. The molecule has 2 saturated heterocycles. The molecule has 4 aromatic heterocycles. The van der Waals surface area contributed by atoms with E-state index < -0.39 is 65.6 Å². The Balaban J connectivity index is 1.09. The number of fused-ring (bicyclic) bond motifs is 3. The summed E-state index contributed by atoms with van der Waals surface area (Å²) in [5, 5.41) is 42.1. The zero-order valence-electron chi connectivity index (χ0n) is 20.5. The molecular formula is C19H22N11O8PS2. The van der Waals surface area contributed by atoms with Crippen molar-refractivity contribution in [3.8, 4) is 0 Å². The quantitative estimate of drug-likeness (QED) is 0.103. The van der Waals surface area contributed by atoms with Crippen LogP contribution in [0.25, 0.3) is 16.8 Å². The second-order valence-corrected chi connectivity index (χ2v) is 13.9. The van der Waals surface area contributed by atoms with Gasteiger partial charge in [0.15, 0.2) is 16.8 Å². The maximum atomic E-state index is 12.2. The van der Waals surface area contributed by atoms with Crippen LogP contribution in [0.15, 0.2) is 17.3 Å². The Morgan fingerprint density at radius 3 is 2.85 bits per heavy atom. The molecule has 2 unspecified atom stereocenters. The molecule has 0 bridgehead atoms. The Kier molecular flexibility index (Phi) is 6.14. The summed E-state index contributed by atoms with van der Waals surface area (Å²) in [6.45, 7) is -4.58. The lowest BCUT2D eigenvalue weighted by atomic mass is 10.1. The third kappa shape index (κ3) is 4.23. The highest BCUT2D eigenvalue weighted by atomic mass is 32.5. The molecule has 1 aliphatic carbocycles. The highest BCUT2D eigenvalue weighted by molar-refractivity contribution is 8.07. The number of ether oxygens (including phenoxy) is 1. The van der Waals surface area contributed by atoms with Crippen molar-refractivity contribution in [3.05, 3.63) is 28.4 Å². The minimum atomic E-state index is -4.14. The minimum Gasteiger partial charge on any atom is -0.395 e. The molecule has 22 heteroatoms. The molecule has 218 valence electrons. The highest BCUT2D eigenvalue weighted by Crippen LogP contribution is 2.63. The maximum Gasteiger partial charge on any atom is 0.325 e. The standard InChI is InChI=1S/C19H22N11O8PS2/c20-17-25-14-8(15(33)26-17)27-28-29(14)16-10(9(32)7(3-31)41-16)37-39(35,40)38-12-11-19(12,34)1-6(36-11)5-2-24-30-13(5)22-4-23-18(30)21/h2,4,6-7,9-12,16,31-32,34H,1,3H2,(H,35,40)(H2,21,22,23)(H3,20,25,26,33)/t6-,7-,9-,10-,11-,12?,16-,19+,39?/m1/s1. The number of anilines is 2. The Bertz CT molecular complexity index is 1790. The summed E-state index contributed by atoms with van der Waals surface area (Å²) in [6, 6.07) is 0. The van der Waals surface area contributed by atoms with Gasteiger partial charge in [-0.3, -0.25) is 18.8 Å². The Hall–Kier alpha value is -2.85. The topological polar surface area (TPSA) is 280 Å². The number of hydrogen-bond donors (Lipinski definition) is 7. The van der Waals surface area contributed by atoms with Crippen LogP contribution in [0.4, 0.5) is 11.9 Å². The lowest BCUT2D eigenvalue weighted by Gasteiger charge is -2.27. The predicted octanol–water partition coefficient (Wildman–Crippen LogP) is -2.65. The van der Waals surface area contributed by atoms with E-state index in [1.807, 2.05) is 0 Å². The summed E-state index contributed by atoms with van der Waals surface area (Å²) in [6.07, 6.45) is -2.13. The number of aliphatic hydroxyl groups excluding tert-OH is 2. The SMILES string of the molecule is Nc1nc2c(nnn2[C@@H]2S[C@H](CO)[C@@H](O)[C@H]2OP(O)(=S)OC2[C@H]3O[C@@H](c4cnn5c(N)ncnc45)C[C@@]23O)c(=O)[nH]1. The number of nitrogens with zero attached hydrogens (tertiary/aromatic N) is 8. The molecule has 4 aromatic rings. The summed E-state index contributed by atoms with van der Waals surface area (Å²) < 4.78 is 19.9. The van der Waals surface area contributed by atoms with E-state index in [4.69, 9.17) is 37.1 Å². The molecule has 2 aliphatic heterocycles. The van der Waals surface area contributed by atoms with E-state index in [0.29, 0.717) is 11.2 Å². The number of thioether (sulfide) groups is 1. The molecular weight excluding hydrogens is 605 g/mol. The predicted molar refractivity (Wildman–Crippen MR) is 142 cm³/mol. The van der Waals surface area contributed by atoms with E-state index in [2.05, 4.69) is 35.3 Å². The average Bonchev–Trinajstić information content (AvgIpc) is 3.49. The van der Waals surface area contributed by atoms with Crippen LogP contribution < -0.4 is 17.0 Å². The molecule has 19 nitrogen and oxygen atoms in total. The van der Waals surface area contributed by atoms with Crippen molar-refractivity contribution in [1.29, 1.82) is 0 Å².